The van der Waals surface area contributed by atoms with E-state index in [4.69, 9.17) is 28.4 Å². The zero-order valence-corrected chi connectivity index (χ0v) is 23.0. The molecular formula is C35H36O6. The smallest absolute Gasteiger partial charge is 0.187 e. The van der Waals surface area contributed by atoms with E-state index in [1.54, 1.807) is 0 Å². The molecular weight excluding hydrogens is 516 g/mol. The highest BCUT2D eigenvalue weighted by atomic mass is 16.8. The summed E-state index contributed by atoms with van der Waals surface area (Å²) < 4.78 is 38.5. The van der Waals surface area contributed by atoms with Crippen LogP contribution in [0.15, 0.2) is 121 Å². The number of epoxide rings is 1. The number of ether oxygens (including phenoxy) is 6. The van der Waals surface area contributed by atoms with Crippen LogP contribution in [0.5, 0.6) is 0 Å². The van der Waals surface area contributed by atoms with Crippen molar-refractivity contribution in [3.8, 4) is 0 Å². The highest BCUT2D eigenvalue weighted by molar-refractivity contribution is 5.16. The highest BCUT2D eigenvalue weighted by Gasteiger charge is 2.58. The number of hydrogen-bond acceptors (Lipinski definition) is 6. The average molecular weight is 553 g/mol. The van der Waals surface area contributed by atoms with E-state index in [9.17, 15) is 0 Å². The van der Waals surface area contributed by atoms with Crippen LogP contribution in [0.1, 0.15) is 22.3 Å². The maximum absolute atomic E-state index is 6.68. The van der Waals surface area contributed by atoms with Gasteiger partial charge in [-0.1, -0.05) is 121 Å². The first-order chi connectivity index (χ1) is 20.3. The Balaban J connectivity index is 1.25. The van der Waals surface area contributed by atoms with E-state index in [1.807, 2.05) is 72.8 Å². The van der Waals surface area contributed by atoms with Gasteiger partial charge in [0.1, 0.15) is 30.5 Å². The summed E-state index contributed by atoms with van der Waals surface area (Å²) in [6.45, 7) is 2.07. The third kappa shape index (κ3) is 7.68. The molecule has 6 heteroatoms. The van der Waals surface area contributed by atoms with Crippen molar-refractivity contribution in [2.24, 2.45) is 0 Å². The Hall–Kier alpha value is -3.36. The fraction of sp³-hybridized carbons (Fsp3) is 0.314. The summed E-state index contributed by atoms with van der Waals surface area (Å²) in [5.74, 6) is 0. The lowest BCUT2D eigenvalue weighted by Crippen LogP contribution is -2.50. The number of hydrogen-bond donors (Lipinski definition) is 0. The van der Waals surface area contributed by atoms with E-state index in [0.29, 0.717) is 33.0 Å². The van der Waals surface area contributed by atoms with Crippen LogP contribution in [0, 0.1) is 0 Å². The van der Waals surface area contributed by atoms with Crippen LogP contribution in [0.2, 0.25) is 0 Å². The first kappa shape index (κ1) is 27.8. The summed E-state index contributed by atoms with van der Waals surface area (Å²) >= 11 is 0. The van der Waals surface area contributed by atoms with Crippen LogP contribution in [-0.2, 0) is 54.8 Å². The quantitative estimate of drug-likeness (QED) is 0.187. The lowest BCUT2D eigenvalue weighted by molar-refractivity contribution is -0.200. The molecule has 2 saturated heterocycles. The van der Waals surface area contributed by atoms with Gasteiger partial charge in [-0.25, -0.2) is 0 Å². The summed E-state index contributed by atoms with van der Waals surface area (Å²) in [5.41, 5.74) is 4.34. The van der Waals surface area contributed by atoms with Crippen LogP contribution in [-0.4, -0.2) is 43.4 Å². The number of rotatable bonds is 13. The van der Waals surface area contributed by atoms with Gasteiger partial charge in [0.25, 0.3) is 0 Å². The van der Waals surface area contributed by atoms with Crippen molar-refractivity contribution in [2.75, 3.05) is 6.61 Å². The maximum atomic E-state index is 6.68. The van der Waals surface area contributed by atoms with Crippen LogP contribution in [0.3, 0.4) is 0 Å². The zero-order chi connectivity index (χ0) is 27.7. The molecule has 41 heavy (non-hydrogen) atoms. The van der Waals surface area contributed by atoms with Crippen LogP contribution < -0.4 is 0 Å². The summed E-state index contributed by atoms with van der Waals surface area (Å²) in [7, 11) is 0. The molecule has 4 aromatic carbocycles. The number of fused-ring (bicyclic) bond motifs is 1. The zero-order valence-electron chi connectivity index (χ0n) is 23.0. The minimum Gasteiger partial charge on any atom is -0.374 e. The molecule has 0 aromatic heterocycles. The molecule has 2 unspecified atom stereocenters. The fourth-order valence-corrected chi connectivity index (χ4v) is 5.17. The molecule has 6 atom stereocenters. The van der Waals surface area contributed by atoms with Crippen LogP contribution in [0.25, 0.3) is 0 Å². The average Bonchev–Trinajstić information content (AvgIpc) is 3.81. The molecule has 2 heterocycles. The van der Waals surface area contributed by atoms with Gasteiger partial charge >= 0.3 is 0 Å². The van der Waals surface area contributed by atoms with E-state index in [-0.39, 0.29) is 12.2 Å². The standard InChI is InChI=1S/C35H36O6/c1-5-13-26(14-6-1)21-36-25-30-31(37-22-27-15-7-2-8-16-27)32(38-23-28-17-9-3-10-18-28)33(34-35(40-30)41-34)39-24-29-19-11-4-12-20-29/h1-20,30-35H,21-25H2/t30-,31+,32+,33-,34?,35?/m1/s1. The molecule has 2 aliphatic heterocycles. The van der Waals surface area contributed by atoms with Gasteiger partial charge in [-0.2, -0.15) is 0 Å². The van der Waals surface area contributed by atoms with Crippen molar-refractivity contribution >= 4 is 0 Å². The van der Waals surface area contributed by atoms with Crippen LogP contribution >= 0.6 is 0 Å². The molecule has 0 amide bonds. The fourth-order valence-electron chi connectivity index (χ4n) is 5.17. The largest absolute Gasteiger partial charge is 0.374 e. The van der Waals surface area contributed by atoms with E-state index in [2.05, 4.69) is 48.5 Å². The second kappa shape index (κ2) is 14.0. The first-order valence-corrected chi connectivity index (χ1v) is 14.2. The Morgan fingerprint density at radius 2 is 0.854 bits per heavy atom. The molecule has 4 aromatic rings. The van der Waals surface area contributed by atoms with Gasteiger partial charge in [0.15, 0.2) is 6.29 Å². The topological polar surface area (TPSA) is 58.7 Å². The first-order valence-electron chi connectivity index (χ1n) is 14.2. The molecule has 0 radical (unpaired) electrons. The predicted molar refractivity (Wildman–Crippen MR) is 155 cm³/mol. The molecule has 0 N–H and O–H groups in total. The molecule has 0 saturated carbocycles. The van der Waals surface area contributed by atoms with Crippen molar-refractivity contribution in [3.63, 3.8) is 0 Å². The molecule has 2 aliphatic rings. The minimum absolute atomic E-state index is 0.249. The Bertz CT molecular complexity index is 1300. The highest BCUT2D eigenvalue weighted by Crippen LogP contribution is 2.39. The molecule has 2 fully saturated rings. The van der Waals surface area contributed by atoms with E-state index in [1.165, 1.54) is 0 Å². The van der Waals surface area contributed by atoms with Gasteiger partial charge in [-0.15, -0.1) is 0 Å². The van der Waals surface area contributed by atoms with Gasteiger partial charge in [0.2, 0.25) is 0 Å². The number of benzene rings is 4. The maximum Gasteiger partial charge on any atom is 0.187 e. The van der Waals surface area contributed by atoms with Crippen molar-refractivity contribution in [3.05, 3.63) is 144 Å². The lowest BCUT2D eigenvalue weighted by atomic mass is 10.0. The van der Waals surface area contributed by atoms with Gasteiger partial charge < -0.3 is 28.4 Å². The summed E-state index contributed by atoms with van der Waals surface area (Å²) in [6, 6.07) is 40.6. The van der Waals surface area contributed by atoms with E-state index >= 15 is 0 Å². The molecule has 6 nitrogen and oxygen atoms in total. The normalized spacial score (nSPS) is 25.3. The Kier molecular flexibility index (Phi) is 9.50. The molecule has 6 rings (SSSR count). The summed E-state index contributed by atoms with van der Waals surface area (Å²) in [4.78, 5) is 0. The second-order valence-corrected chi connectivity index (χ2v) is 10.4. The van der Waals surface area contributed by atoms with Crippen molar-refractivity contribution in [1.82, 2.24) is 0 Å². The van der Waals surface area contributed by atoms with Gasteiger partial charge in [-0.05, 0) is 22.3 Å². The van der Waals surface area contributed by atoms with Gasteiger partial charge in [0, 0.05) is 0 Å². The molecule has 212 valence electrons. The SMILES string of the molecule is c1ccc(COC[C@H]2OC3OC3[C@H](OCc3ccccc3)[C@@H](OCc3ccccc3)[C@H]2OCc2ccccc2)cc1. The molecule has 0 aliphatic carbocycles. The Morgan fingerprint density at radius 1 is 0.439 bits per heavy atom. The predicted octanol–water partition coefficient (Wildman–Crippen LogP) is 6.08. The van der Waals surface area contributed by atoms with Crippen molar-refractivity contribution in [1.29, 1.82) is 0 Å². The third-order valence-corrected chi connectivity index (χ3v) is 7.38. The minimum atomic E-state index is -0.453. The second-order valence-electron chi connectivity index (χ2n) is 10.4. The monoisotopic (exact) mass is 552 g/mol. The van der Waals surface area contributed by atoms with E-state index in [0.717, 1.165) is 22.3 Å². The Labute approximate surface area is 241 Å². The van der Waals surface area contributed by atoms with Crippen LogP contribution in [0.4, 0.5) is 0 Å². The summed E-state index contributed by atoms with van der Waals surface area (Å²) in [5, 5.41) is 0. The molecule has 0 bridgehead atoms. The molecule has 0 spiro atoms. The van der Waals surface area contributed by atoms with Crippen molar-refractivity contribution in [2.45, 2.75) is 63.2 Å². The van der Waals surface area contributed by atoms with Gasteiger partial charge in [0.05, 0.1) is 33.0 Å². The Morgan fingerprint density at radius 3 is 1.34 bits per heavy atom. The van der Waals surface area contributed by atoms with Gasteiger partial charge in [-0.3, -0.25) is 0 Å². The lowest BCUT2D eigenvalue weighted by Gasteiger charge is -2.35. The van der Waals surface area contributed by atoms with E-state index < -0.39 is 24.6 Å². The van der Waals surface area contributed by atoms with Crippen molar-refractivity contribution < 1.29 is 28.4 Å². The summed E-state index contributed by atoms with van der Waals surface area (Å²) in [6.07, 6.45) is -2.35. The third-order valence-electron chi connectivity index (χ3n) is 7.38.